The maximum Gasteiger partial charge on any atom is 0.157 e. The van der Waals surface area contributed by atoms with Gasteiger partial charge in [0, 0.05) is 24.7 Å². The molecule has 1 aliphatic carbocycles. The first-order chi connectivity index (χ1) is 14.7. The second-order valence-corrected chi connectivity index (χ2v) is 8.43. The van der Waals surface area contributed by atoms with Gasteiger partial charge in [0.2, 0.25) is 0 Å². The lowest BCUT2D eigenvalue weighted by Crippen LogP contribution is -2.26. The van der Waals surface area contributed by atoms with Gasteiger partial charge in [-0.3, -0.25) is 4.79 Å². The molecule has 1 saturated heterocycles. The Labute approximate surface area is 178 Å². The fourth-order valence-corrected chi connectivity index (χ4v) is 4.98. The van der Waals surface area contributed by atoms with Crippen LogP contribution in [0.15, 0.2) is 24.3 Å². The molecular weight excluding hydrogens is 384 g/mol. The number of ether oxygens (including phenoxy) is 4. The Balaban J connectivity index is 1.42. The van der Waals surface area contributed by atoms with Crippen molar-refractivity contribution in [1.82, 2.24) is 0 Å². The van der Waals surface area contributed by atoms with Crippen molar-refractivity contribution in [1.29, 1.82) is 0 Å². The average Bonchev–Trinajstić information content (AvgIpc) is 3.30. The first kappa shape index (κ1) is 21.3. The number of benzene rings is 1. The predicted octanol–water partition coefficient (Wildman–Crippen LogP) is 3.54. The molecule has 1 aromatic rings. The minimum absolute atomic E-state index is 0.0413. The van der Waals surface area contributed by atoms with Crippen molar-refractivity contribution in [2.75, 3.05) is 20.3 Å². The number of aryl methyl sites for hydroxylation is 1. The summed E-state index contributed by atoms with van der Waals surface area (Å²) in [7, 11) is 1.67. The average molecular weight is 417 g/mol. The third kappa shape index (κ3) is 4.56. The summed E-state index contributed by atoms with van der Waals surface area (Å²) in [5.41, 5.74) is 2.19. The van der Waals surface area contributed by atoms with E-state index in [4.69, 9.17) is 18.9 Å². The number of aliphatic hydroxyl groups is 1. The van der Waals surface area contributed by atoms with E-state index in [0.29, 0.717) is 13.0 Å². The number of hydrogen-bond acceptors (Lipinski definition) is 6. The number of methoxy groups -OCH3 is 1. The van der Waals surface area contributed by atoms with E-state index in [1.54, 1.807) is 7.11 Å². The molecule has 2 aliphatic heterocycles. The number of carbonyl (C=O) groups is 1. The maximum atomic E-state index is 10.8. The highest BCUT2D eigenvalue weighted by Gasteiger charge is 2.49. The van der Waals surface area contributed by atoms with E-state index in [1.807, 2.05) is 18.2 Å². The summed E-state index contributed by atoms with van der Waals surface area (Å²) < 4.78 is 23.3. The normalized spacial score (nSPS) is 30.1. The molecule has 5 atom stereocenters. The molecule has 2 fully saturated rings. The number of hydrogen-bond donors (Lipinski definition) is 1. The fourth-order valence-electron chi connectivity index (χ4n) is 4.98. The van der Waals surface area contributed by atoms with E-state index in [1.165, 1.54) is 12.5 Å². The van der Waals surface area contributed by atoms with Crippen molar-refractivity contribution in [2.24, 2.45) is 5.92 Å². The summed E-state index contributed by atoms with van der Waals surface area (Å²) in [6.07, 6.45) is 10.0. The molecule has 0 bridgehead atoms. The second-order valence-electron chi connectivity index (χ2n) is 8.43. The number of carbonyl (C=O) groups excluding carboxylic acids is 1. The molecular formula is C24H32O6. The zero-order valence-electron chi connectivity index (χ0n) is 17.6. The summed E-state index contributed by atoms with van der Waals surface area (Å²) in [6.45, 7) is 1.50. The Morgan fingerprint density at radius 2 is 2.17 bits per heavy atom. The molecule has 6 nitrogen and oxygen atoms in total. The second kappa shape index (κ2) is 9.94. The molecule has 3 unspecified atom stereocenters. The van der Waals surface area contributed by atoms with Crippen LogP contribution in [-0.2, 0) is 20.7 Å². The van der Waals surface area contributed by atoms with E-state index in [0.717, 1.165) is 67.6 Å². The van der Waals surface area contributed by atoms with Crippen molar-refractivity contribution < 1.29 is 28.8 Å². The largest absolute Gasteiger partial charge is 0.497 e. The van der Waals surface area contributed by atoms with Crippen LogP contribution in [0.3, 0.4) is 0 Å². The summed E-state index contributed by atoms with van der Waals surface area (Å²) in [5.74, 6) is 1.82. The number of unbranched alkanes of at least 4 members (excludes halogenated alkanes) is 1. The fraction of sp³-hybridized carbons (Fsp3) is 0.625. The Bertz CT molecular complexity index is 754. The van der Waals surface area contributed by atoms with E-state index < -0.39 is 6.10 Å². The maximum absolute atomic E-state index is 10.8. The van der Waals surface area contributed by atoms with Gasteiger partial charge in [-0.05, 0) is 74.6 Å². The molecule has 0 aromatic heterocycles. The van der Waals surface area contributed by atoms with Gasteiger partial charge in [0.1, 0.15) is 23.9 Å². The molecule has 1 aromatic carbocycles. The van der Waals surface area contributed by atoms with E-state index in [-0.39, 0.29) is 24.2 Å². The van der Waals surface area contributed by atoms with Crippen LogP contribution in [0, 0.1) is 5.92 Å². The first-order valence-electron chi connectivity index (χ1n) is 11.1. The molecule has 1 N–H and O–H groups in total. The van der Waals surface area contributed by atoms with Gasteiger partial charge >= 0.3 is 0 Å². The topological polar surface area (TPSA) is 74.2 Å². The molecule has 0 spiro atoms. The summed E-state index contributed by atoms with van der Waals surface area (Å²) >= 11 is 0. The predicted molar refractivity (Wildman–Crippen MR) is 112 cm³/mol. The number of rotatable bonds is 9. The number of aldehydes is 1. The molecule has 4 rings (SSSR count). The highest BCUT2D eigenvalue weighted by atomic mass is 16.7. The van der Waals surface area contributed by atoms with Gasteiger partial charge in [-0.25, -0.2) is 0 Å². The lowest BCUT2D eigenvalue weighted by molar-refractivity contribution is -0.162. The first-order valence-corrected chi connectivity index (χ1v) is 11.1. The van der Waals surface area contributed by atoms with Crippen LogP contribution in [0.2, 0.25) is 0 Å². The van der Waals surface area contributed by atoms with Gasteiger partial charge in [-0.2, -0.15) is 0 Å². The third-order valence-corrected chi connectivity index (χ3v) is 6.44. The van der Waals surface area contributed by atoms with Crippen LogP contribution >= 0.6 is 0 Å². The summed E-state index contributed by atoms with van der Waals surface area (Å²) in [6, 6.07) is 4.06. The third-order valence-electron chi connectivity index (χ3n) is 6.44. The van der Waals surface area contributed by atoms with Crippen LogP contribution in [0.5, 0.6) is 11.5 Å². The van der Waals surface area contributed by atoms with E-state index in [2.05, 4.69) is 0 Å². The van der Waals surface area contributed by atoms with Crippen LogP contribution in [0.1, 0.15) is 55.6 Å². The summed E-state index contributed by atoms with van der Waals surface area (Å²) in [5, 5.41) is 10.5. The molecule has 2 heterocycles. The van der Waals surface area contributed by atoms with Crippen molar-refractivity contribution in [3.63, 3.8) is 0 Å². The highest BCUT2D eigenvalue weighted by molar-refractivity contribution is 5.65. The molecule has 0 amide bonds. The Morgan fingerprint density at radius 1 is 1.27 bits per heavy atom. The molecule has 164 valence electrons. The van der Waals surface area contributed by atoms with Gasteiger partial charge in [0.05, 0.1) is 13.2 Å². The Kier molecular flexibility index (Phi) is 7.08. The molecule has 3 aliphatic rings. The lowest BCUT2D eigenvalue weighted by atomic mass is 9.87. The zero-order valence-corrected chi connectivity index (χ0v) is 17.6. The molecule has 0 radical (unpaired) electrons. The SMILES string of the molecule is COc1cc(CCCCOC2CCCCO2)c2c(c1)[C@H]1C(C=CC=O)CC(O)[C@H]1O2. The van der Waals surface area contributed by atoms with Gasteiger partial charge < -0.3 is 24.1 Å². The lowest BCUT2D eigenvalue weighted by Gasteiger charge is -2.22. The Hall–Kier alpha value is -1.89. The van der Waals surface area contributed by atoms with Crippen LogP contribution < -0.4 is 9.47 Å². The van der Waals surface area contributed by atoms with Crippen molar-refractivity contribution in [2.45, 2.75) is 69.4 Å². The molecule has 6 heteroatoms. The molecule has 30 heavy (non-hydrogen) atoms. The minimum atomic E-state index is -0.536. The number of allylic oxidation sites excluding steroid dienone is 2. The van der Waals surface area contributed by atoms with E-state index in [9.17, 15) is 9.90 Å². The minimum Gasteiger partial charge on any atom is -0.497 e. The Morgan fingerprint density at radius 3 is 2.93 bits per heavy atom. The smallest absolute Gasteiger partial charge is 0.157 e. The van der Waals surface area contributed by atoms with Gasteiger partial charge in [-0.1, -0.05) is 6.08 Å². The quantitative estimate of drug-likeness (QED) is 0.377. The van der Waals surface area contributed by atoms with Crippen LogP contribution in [0.25, 0.3) is 0 Å². The monoisotopic (exact) mass is 416 g/mol. The molecule has 1 saturated carbocycles. The highest BCUT2D eigenvalue weighted by Crippen LogP contribution is 2.53. The van der Waals surface area contributed by atoms with Gasteiger partial charge in [-0.15, -0.1) is 0 Å². The zero-order chi connectivity index (χ0) is 20.9. The summed E-state index contributed by atoms with van der Waals surface area (Å²) in [4.78, 5) is 10.8. The van der Waals surface area contributed by atoms with Gasteiger partial charge in [0.25, 0.3) is 0 Å². The van der Waals surface area contributed by atoms with Crippen LogP contribution in [-0.4, -0.2) is 50.2 Å². The van der Waals surface area contributed by atoms with Gasteiger partial charge in [0.15, 0.2) is 6.29 Å². The van der Waals surface area contributed by atoms with Crippen LogP contribution in [0.4, 0.5) is 0 Å². The van der Waals surface area contributed by atoms with Crippen molar-refractivity contribution >= 4 is 6.29 Å². The number of fused-ring (bicyclic) bond motifs is 3. The van der Waals surface area contributed by atoms with Crippen molar-refractivity contribution in [3.05, 3.63) is 35.4 Å². The van der Waals surface area contributed by atoms with E-state index >= 15 is 0 Å². The van der Waals surface area contributed by atoms with Crippen molar-refractivity contribution in [3.8, 4) is 11.5 Å². The standard InChI is InChI=1S/C24H32O6/c1-27-18-13-17(7-2-4-11-28-21-9-3-5-12-29-21)23-19(15-18)22-16(8-6-10-25)14-20(26)24(22)30-23/h6,8,10,13,15-16,20-22,24,26H,2-5,7,9,11-12,14H2,1H3/t16?,20?,21?,22-,24-/m1/s1. The number of aliphatic hydroxyl groups excluding tert-OH is 1.